The Morgan fingerprint density at radius 2 is 2.29 bits per heavy atom. The Kier molecular flexibility index (Phi) is 4.09. The highest BCUT2D eigenvalue weighted by molar-refractivity contribution is 5.92. The van der Waals surface area contributed by atoms with E-state index in [1.165, 1.54) is 19.3 Å². The fourth-order valence-electron chi connectivity index (χ4n) is 1.77. The van der Waals surface area contributed by atoms with E-state index < -0.39 is 0 Å². The van der Waals surface area contributed by atoms with E-state index in [4.69, 9.17) is 5.73 Å². The van der Waals surface area contributed by atoms with Gasteiger partial charge < -0.3 is 11.1 Å². The first kappa shape index (κ1) is 12.0. The van der Waals surface area contributed by atoms with Gasteiger partial charge in [-0.05, 0) is 30.4 Å². The van der Waals surface area contributed by atoms with Crippen molar-refractivity contribution in [2.45, 2.75) is 32.2 Å². The lowest BCUT2D eigenvalue weighted by molar-refractivity contribution is 0.0948. The standard InChI is InChI=1S/C13H19N3O/c14-8-11-5-6-12(16-9-11)13(17)15-7-1-2-10-3-4-10/h5-6,9-10H,1-4,7-8,14H2,(H,15,17). The minimum atomic E-state index is -0.0932. The average molecular weight is 233 g/mol. The van der Waals surface area contributed by atoms with Crippen LogP contribution in [-0.2, 0) is 6.54 Å². The number of hydrogen-bond acceptors (Lipinski definition) is 3. The molecular weight excluding hydrogens is 214 g/mol. The number of nitrogens with zero attached hydrogens (tertiary/aromatic N) is 1. The molecule has 1 heterocycles. The van der Waals surface area contributed by atoms with Gasteiger partial charge in [-0.15, -0.1) is 0 Å². The molecule has 1 fully saturated rings. The highest BCUT2D eigenvalue weighted by atomic mass is 16.1. The van der Waals surface area contributed by atoms with E-state index in [1.807, 2.05) is 6.07 Å². The summed E-state index contributed by atoms with van der Waals surface area (Å²) in [5.74, 6) is 0.832. The van der Waals surface area contributed by atoms with Gasteiger partial charge in [-0.1, -0.05) is 18.9 Å². The van der Waals surface area contributed by atoms with Crippen molar-refractivity contribution in [1.82, 2.24) is 10.3 Å². The summed E-state index contributed by atoms with van der Waals surface area (Å²) < 4.78 is 0. The second-order valence-corrected chi connectivity index (χ2v) is 4.60. The molecule has 0 bridgehead atoms. The first-order valence-corrected chi connectivity index (χ1v) is 6.23. The maximum Gasteiger partial charge on any atom is 0.269 e. The topological polar surface area (TPSA) is 68.0 Å². The van der Waals surface area contributed by atoms with E-state index in [1.54, 1.807) is 12.3 Å². The van der Waals surface area contributed by atoms with Crippen molar-refractivity contribution in [2.24, 2.45) is 11.7 Å². The number of rotatable bonds is 6. The summed E-state index contributed by atoms with van der Waals surface area (Å²) in [6, 6.07) is 3.56. The van der Waals surface area contributed by atoms with Gasteiger partial charge in [-0.2, -0.15) is 0 Å². The molecule has 3 N–H and O–H groups in total. The van der Waals surface area contributed by atoms with Gasteiger partial charge in [0.05, 0.1) is 0 Å². The highest BCUT2D eigenvalue weighted by Crippen LogP contribution is 2.33. The smallest absolute Gasteiger partial charge is 0.269 e. The number of aromatic nitrogens is 1. The summed E-state index contributed by atoms with van der Waals surface area (Å²) >= 11 is 0. The van der Waals surface area contributed by atoms with Gasteiger partial charge in [0.1, 0.15) is 5.69 Å². The lowest BCUT2D eigenvalue weighted by Gasteiger charge is -2.04. The highest BCUT2D eigenvalue weighted by Gasteiger charge is 2.20. The van der Waals surface area contributed by atoms with Gasteiger partial charge in [-0.3, -0.25) is 9.78 Å². The van der Waals surface area contributed by atoms with Gasteiger partial charge in [0.25, 0.3) is 5.91 Å². The van der Waals surface area contributed by atoms with E-state index in [0.29, 0.717) is 12.2 Å². The van der Waals surface area contributed by atoms with E-state index in [2.05, 4.69) is 10.3 Å². The molecule has 4 nitrogen and oxygen atoms in total. The molecular formula is C13H19N3O. The molecule has 17 heavy (non-hydrogen) atoms. The largest absolute Gasteiger partial charge is 0.351 e. The fourth-order valence-corrected chi connectivity index (χ4v) is 1.77. The third kappa shape index (κ3) is 3.82. The molecule has 1 amide bonds. The summed E-state index contributed by atoms with van der Waals surface area (Å²) in [7, 11) is 0. The van der Waals surface area contributed by atoms with Crippen LogP contribution in [0.4, 0.5) is 0 Å². The third-order valence-corrected chi connectivity index (χ3v) is 3.06. The Labute approximate surface area is 102 Å². The second kappa shape index (κ2) is 5.77. The monoisotopic (exact) mass is 233 g/mol. The molecule has 0 aromatic carbocycles. The van der Waals surface area contributed by atoms with Crippen LogP contribution in [0.25, 0.3) is 0 Å². The minimum absolute atomic E-state index is 0.0932. The van der Waals surface area contributed by atoms with Crippen molar-refractivity contribution in [3.63, 3.8) is 0 Å². The van der Waals surface area contributed by atoms with Crippen molar-refractivity contribution < 1.29 is 4.79 Å². The number of nitrogens with one attached hydrogen (secondary N) is 1. The normalized spacial score (nSPS) is 14.6. The molecule has 1 saturated carbocycles. The van der Waals surface area contributed by atoms with Gasteiger partial charge in [0.15, 0.2) is 0 Å². The average Bonchev–Trinajstić information content (AvgIpc) is 3.18. The molecule has 0 radical (unpaired) electrons. The maximum absolute atomic E-state index is 11.7. The summed E-state index contributed by atoms with van der Waals surface area (Å²) in [6.45, 7) is 1.20. The molecule has 0 spiro atoms. The number of amides is 1. The van der Waals surface area contributed by atoms with Gasteiger partial charge in [0.2, 0.25) is 0 Å². The molecule has 1 aliphatic carbocycles. The molecule has 1 aliphatic rings. The number of carbonyl (C=O) groups excluding carboxylic acids is 1. The van der Waals surface area contributed by atoms with Crippen LogP contribution in [0.3, 0.4) is 0 Å². The van der Waals surface area contributed by atoms with E-state index in [0.717, 1.165) is 24.4 Å². The molecule has 1 aromatic heterocycles. The maximum atomic E-state index is 11.7. The van der Waals surface area contributed by atoms with Crippen molar-refractivity contribution in [3.05, 3.63) is 29.6 Å². The zero-order valence-corrected chi connectivity index (χ0v) is 9.98. The minimum Gasteiger partial charge on any atom is -0.351 e. The number of carbonyl (C=O) groups is 1. The fraction of sp³-hybridized carbons (Fsp3) is 0.538. The molecule has 92 valence electrons. The molecule has 0 saturated heterocycles. The van der Waals surface area contributed by atoms with Gasteiger partial charge in [-0.25, -0.2) is 0 Å². The summed E-state index contributed by atoms with van der Waals surface area (Å²) in [5.41, 5.74) is 6.87. The lowest BCUT2D eigenvalue weighted by Crippen LogP contribution is -2.25. The summed E-state index contributed by atoms with van der Waals surface area (Å²) in [4.78, 5) is 15.8. The molecule has 0 atom stereocenters. The Bertz CT molecular complexity index is 371. The Morgan fingerprint density at radius 1 is 1.47 bits per heavy atom. The van der Waals surface area contributed by atoms with Crippen LogP contribution in [0.2, 0.25) is 0 Å². The molecule has 1 aromatic rings. The Morgan fingerprint density at radius 3 is 2.88 bits per heavy atom. The lowest BCUT2D eigenvalue weighted by atomic mass is 10.2. The number of nitrogens with two attached hydrogens (primary N) is 1. The van der Waals surface area contributed by atoms with E-state index in [-0.39, 0.29) is 5.91 Å². The first-order chi connectivity index (χ1) is 8.29. The Hall–Kier alpha value is -1.42. The number of pyridine rings is 1. The Balaban J connectivity index is 1.73. The zero-order valence-electron chi connectivity index (χ0n) is 9.98. The molecule has 0 unspecified atom stereocenters. The molecule has 2 rings (SSSR count). The van der Waals surface area contributed by atoms with Crippen molar-refractivity contribution >= 4 is 5.91 Å². The first-order valence-electron chi connectivity index (χ1n) is 6.23. The van der Waals surface area contributed by atoms with Crippen LogP contribution in [0.5, 0.6) is 0 Å². The predicted molar refractivity (Wildman–Crippen MR) is 66.4 cm³/mol. The van der Waals surface area contributed by atoms with Crippen LogP contribution in [-0.4, -0.2) is 17.4 Å². The third-order valence-electron chi connectivity index (χ3n) is 3.06. The zero-order chi connectivity index (χ0) is 12.1. The van der Waals surface area contributed by atoms with Crippen molar-refractivity contribution in [1.29, 1.82) is 0 Å². The van der Waals surface area contributed by atoms with Crippen LogP contribution < -0.4 is 11.1 Å². The van der Waals surface area contributed by atoms with E-state index in [9.17, 15) is 4.79 Å². The summed E-state index contributed by atoms with van der Waals surface area (Å²) in [6.07, 6.45) is 6.70. The van der Waals surface area contributed by atoms with Crippen LogP contribution in [0.1, 0.15) is 41.7 Å². The van der Waals surface area contributed by atoms with Crippen molar-refractivity contribution in [3.8, 4) is 0 Å². The second-order valence-electron chi connectivity index (χ2n) is 4.60. The van der Waals surface area contributed by atoms with Gasteiger partial charge in [0, 0.05) is 19.3 Å². The SMILES string of the molecule is NCc1ccc(C(=O)NCCCC2CC2)nc1. The predicted octanol–water partition coefficient (Wildman–Crippen LogP) is 1.46. The van der Waals surface area contributed by atoms with Crippen LogP contribution in [0.15, 0.2) is 18.3 Å². The van der Waals surface area contributed by atoms with E-state index >= 15 is 0 Å². The quantitative estimate of drug-likeness (QED) is 0.731. The van der Waals surface area contributed by atoms with Crippen LogP contribution >= 0.6 is 0 Å². The molecule has 4 heteroatoms. The number of hydrogen-bond donors (Lipinski definition) is 2. The summed E-state index contributed by atoms with van der Waals surface area (Å²) in [5, 5.41) is 2.89. The van der Waals surface area contributed by atoms with Gasteiger partial charge >= 0.3 is 0 Å². The molecule has 0 aliphatic heterocycles. The van der Waals surface area contributed by atoms with Crippen LogP contribution in [0, 0.1) is 5.92 Å². The van der Waals surface area contributed by atoms with Crippen molar-refractivity contribution in [2.75, 3.05) is 6.54 Å².